The van der Waals surface area contributed by atoms with Crippen LogP contribution in [0.5, 0.6) is 0 Å². The standard InChI is InChI=1S/C13H15NO4S/c1-7-5-8(12(15)16)6-9-10(7)19(17,18)14-11(9)13(2,3)4/h5-6H,1-4H3,(H,15,16). The summed E-state index contributed by atoms with van der Waals surface area (Å²) < 4.78 is 28.0. The van der Waals surface area contributed by atoms with Gasteiger partial charge in [-0.05, 0) is 24.6 Å². The quantitative estimate of drug-likeness (QED) is 0.855. The van der Waals surface area contributed by atoms with Gasteiger partial charge in [-0.2, -0.15) is 12.8 Å². The number of carboxylic acid groups (broad SMARTS) is 1. The Bertz CT molecular complexity index is 709. The smallest absolute Gasteiger partial charge is 0.335 e. The van der Waals surface area contributed by atoms with Crippen LogP contribution >= 0.6 is 0 Å². The number of hydrogen-bond acceptors (Lipinski definition) is 3. The number of benzene rings is 1. The van der Waals surface area contributed by atoms with E-state index in [1.165, 1.54) is 12.1 Å². The summed E-state index contributed by atoms with van der Waals surface area (Å²) in [6.45, 7) is 7.13. The molecule has 0 bridgehead atoms. The molecule has 19 heavy (non-hydrogen) atoms. The summed E-state index contributed by atoms with van der Waals surface area (Å²) in [5.74, 6) is -1.08. The van der Waals surface area contributed by atoms with Crippen LogP contribution in [0.4, 0.5) is 0 Å². The third-order valence-corrected chi connectivity index (χ3v) is 4.44. The Hall–Kier alpha value is -1.69. The van der Waals surface area contributed by atoms with Gasteiger partial charge < -0.3 is 5.11 Å². The molecule has 1 aromatic carbocycles. The summed E-state index contributed by atoms with van der Waals surface area (Å²) in [6, 6.07) is 2.75. The lowest BCUT2D eigenvalue weighted by molar-refractivity contribution is 0.0696. The van der Waals surface area contributed by atoms with Crippen molar-refractivity contribution >= 4 is 21.7 Å². The Morgan fingerprint density at radius 1 is 1.26 bits per heavy atom. The van der Waals surface area contributed by atoms with Gasteiger partial charge >= 0.3 is 5.97 Å². The van der Waals surface area contributed by atoms with Gasteiger partial charge in [0.1, 0.15) is 4.90 Å². The van der Waals surface area contributed by atoms with E-state index in [-0.39, 0.29) is 10.5 Å². The van der Waals surface area contributed by atoms with Gasteiger partial charge in [-0.1, -0.05) is 20.8 Å². The normalized spacial score (nSPS) is 16.9. The molecule has 0 spiro atoms. The van der Waals surface area contributed by atoms with Crippen LogP contribution in [0.25, 0.3) is 0 Å². The van der Waals surface area contributed by atoms with Crippen molar-refractivity contribution in [1.29, 1.82) is 0 Å². The molecule has 0 atom stereocenters. The van der Waals surface area contributed by atoms with Crippen molar-refractivity contribution in [2.45, 2.75) is 32.6 Å². The minimum absolute atomic E-state index is 0.0744. The Morgan fingerprint density at radius 3 is 2.32 bits per heavy atom. The van der Waals surface area contributed by atoms with Gasteiger partial charge in [0.25, 0.3) is 10.0 Å². The Balaban J connectivity index is 2.84. The van der Waals surface area contributed by atoms with Crippen LogP contribution < -0.4 is 0 Å². The first-order chi connectivity index (χ1) is 8.54. The molecule has 1 aliphatic rings. The SMILES string of the molecule is Cc1cc(C(=O)O)cc2c1S(=O)(=O)N=C2C(C)(C)C. The Morgan fingerprint density at radius 2 is 1.84 bits per heavy atom. The maximum atomic E-state index is 12.1. The molecule has 1 aromatic rings. The number of fused-ring (bicyclic) bond motifs is 1. The molecule has 6 heteroatoms. The van der Waals surface area contributed by atoms with E-state index in [2.05, 4.69) is 4.40 Å². The molecule has 1 heterocycles. The molecule has 0 aromatic heterocycles. The van der Waals surface area contributed by atoms with E-state index in [0.29, 0.717) is 16.8 Å². The van der Waals surface area contributed by atoms with Crippen molar-refractivity contribution in [3.05, 3.63) is 28.8 Å². The van der Waals surface area contributed by atoms with E-state index in [1.807, 2.05) is 20.8 Å². The topological polar surface area (TPSA) is 83.8 Å². The highest BCUT2D eigenvalue weighted by molar-refractivity contribution is 7.90. The van der Waals surface area contributed by atoms with Crippen LogP contribution in [0.3, 0.4) is 0 Å². The van der Waals surface area contributed by atoms with Gasteiger partial charge in [0.05, 0.1) is 11.3 Å². The lowest BCUT2D eigenvalue weighted by Gasteiger charge is -2.19. The van der Waals surface area contributed by atoms with Crippen molar-refractivity contribution in [1.82, 2.24) is 0 Å². The van der Waals surface area contributed by atoms with Gasteiger partial charge in [0, 0.05) is 11.0 Å². The molecule has 1 aliphatic heterocycles. The van der Waals surface area contributed by atoms with Gasteiger partial charge in [-0.3, -0.25) is 0 Å². The first-order valence-electron chi connectivity index (χ1n) is 5.78. The van der Waals surface area contributed by atoms with Crippen LogP contribution in [-0.2, 0) is 10.0 Å². The molecule has 0 saturated heterocycles. The molecule has 1 N–H and O–H groups in total. The van der Waals surface area contributed by atoms with E-state index in [9.17, 15) is 13.2 Å². The molecule has 0 unspecified atom stereocenters. The zero-order valence-electron chi connectivity index (χ0n) is 11.2. The van der Waals surface area contributed by atoms with E-state index in [1.54, 1.807) is 6.92 Å². The average molecular weight is 281 g/mol. The predicted octanol–water partition coefficient (Wildman–Crippen LogP) is 2.23. The number of nitrogens with zero attached hydrogens (tertiary/aromatic N) is 1. The summed E-state index contributed by atoms with van der Waals surface area (Å²) in [4.78, 5) is 11.2. The number of hydrogen-bond donors (Lipinski definition) is 1. The third kappa shape index (κ3) is 2.16. The van der Waals surface area contributed by atoms with Crippen LogP contribution in [0, 0.1) is 12.3 Å². The first-order valence-corrected chi connectivity index (χ1v) is 7.22. The lowest BCUT2D eigenvalue weighted by Crippen LogP contribution is -2.20. The number of aryl methyl sites for hydroxylation is 1. The highest BCUT2D eigenvalue weighted by Crippen LogP contribution is 2.36. The second kappa shape index (κ2) is 3.90. The van der Waals surface area contributed by atoms with Crippen LogP contribution in [0.2, 0.25) is 0 Å². The van der Waals surface area contributed by atoms with E-state index in [4.69, 9.17) is 5.11 Å². The highest BCUT2D eigenvalue weighted by Gasteiger charge is 2.36. The average Bonchev–Trinajstić information content (AvgIpc) is 2.50. The van der Waals surface area contributed by atoms with Crippen LogP contribution in [0.1, 0.15) is 42.3 Å². The summed E-state index contributed by atoms with van der Waals surface area (Å²) in [7, 11) is -3.72. The number of rotatable bonds is 1. The number of carboxylic acids is 1. The molecule has 0 amide bonds. The third-order valence-electron chi connectivity index (χ3n) is 2.96. The maximum absolute atomic E-state index is 12.1. The number of aromatic carboxylic acids is 1. The molecule has 2 rings (SSSR count). The van der Waals surface area contributed by atoms with Gasteiger partial charge in [-0.25, -0.2) is 4.79 Å². The van der Waals surface area contributed by atoms with Crippen LogP contribution in [0.15, 0.2) is 21.4 Å². The second-order valence-corrected chi connectivity index (χ2v) is 7.18. The van der Waals surface area contributed by atoms with Crippen molar-refractivity contribution < 1.29 is 18.3 Å². The molecule has 0 aliphatic carbocycles. The zero-order valence-corrected chi connectivity index (χ0v) is 12.0. The molecule has 0 radical (unpaired) electrons. The summed E-state index contributed by atoms with van der Waals surface area (Å²) in [5, 5.41) is 9.07. The minimum atomic E-state index is -3.72. The van der Waals surface area contributed by atoms with Crippen molar-refractivity contribution in [2.24, 2.45) is 9.81 Å². The fraction of sp³-hybridized carbons (Fsp3) is 0.385. The number of sulfonamides is 1. The van der Waals surface area contributed by atoms with Gasteiger partial charge in [0.2, 0.25) is 0 Å². The fourth-order valence-corrected chi connectivity index (χ4v) is 3.77. The second-order valence-electron chi connectivity index (χ2n) is 5.64. The highest BCUT2D eigenvalue weighted by atomic mass is 32.2. The Kier molecular flexibility index (Phi) is 2.82. The molecular weight excluding hydrogens is 266 g/mol. The molecule has 0 saturated carbocycles. The van der Waals surface area contributed by atoms with E-state index < -0.39 is 21.4 Å². The summed E-state index contributed by atoms with van der Waals surface area (Å²) in [5.41, 5.74) is 0.837. The molecule has 102 valence electrons. The van der Waals surface area contributed by atoms with Crippen molar-refractivity contribution in [3.63, 3.8) is 0 Å². The van der Waals surface area contributed by atoms with Crippen molar-refractivity contribution in [2.75, 3.05) is 0 Å². The van der Waals surface area contributed by atoms with Gasteiger partial charge in [0.15, 0.2) is 0 Å². The fourth-order valence-electron chi connectivity index (χ4n) is 2.17. The van der Waals surface area contributed by atoms with E-state index in [0.717, 1.165) is 0 Å². The first kappa shape index (κ1) is 13.7. The minimum Gasteiger partial charge on any atom is -0.478 e. The van der Waals surface area contributed by atoms with Gasteiger partial charge in [-0.15, -0.1) is 0 Å². The monoisotopic (exact) mass is 281 g/mol. The van der Waals surface area contributed by atoms with Crippen LogP contribution in [-0.4, -0.2) is 25.2 Å². The Labute approximate surface area is 112 Å². The summed E-state index contributed by atoms with van der Waals surface area (Å²) >= 11 is 0. The largest absolute Gasteiger partial charge is 0.478 e. The molecule has 0 fully saturated rings. The van der Waals surface area contributed by atoms with Crippen molar-refractivity contribution in [3.8, 4) is 0 Å². The maximum Gasteiger partial charge on any atom is 0.335 e. The number of carbonyl (C=O) groups is 1. The summed E-state index contributed by atoms with van der Waals surface area (Å²) in [6.07, 6.45) is 0. The molecule has 5 nitrogen and oxygen atoms in total. The van der Waals surface area contributed by atoms with E-state index >= 15 is 0 Å². The molecular formula is C13H15NO4S. The zero-order chi connectivity index (χ0) is 14.6. The lowest BCUT2D eigenvalue weighted by atomic mass is 9.85. The predicted molar refractivity (Wildman–Crippen MR) is 71.3 cm³/mol.